The molecule has 1 aliphatic rings. The molecule has 19 heavy (non-hydrogen) atoms. The fourth-order valence-electron chi connectivity index (χ4n) is 2.47. The predicted octanol–water partition coefficient (Wildman–Crippen LogP) is 5.58. The van der Waals surface area contributed by atoms with Gasteiger partial charge in [-0.15, -0.1) is 11.3 Å². The van der Waals surface area contributed by atoms with E-state index in [4.69, 9.17) is 11.6 Å². The molecule has 0 unspecified atom stereocenters. The summed E-state index contributed by atoms with van der Waals surface area (Å²) in [7, 11) is 0. The Bertz CT molecular complexity index is 611. The molecule has 2 aromatic rings. The number of halogens is 4. The van der Waals surface area contributed by atoms with Crippen LogP contribution in [0.5, 0.6) is 0 Å². The van der Waals surface area contributed by atoms with Crippen molar-refractivity contribution in [3.05, 3.63) is 45.3 Å². The maximum absolute atomic E-state index is 12.5. The molecule has 0 nitrogen and oxygen atoms in total. The third-order valence-electron chi connectivity index (χ3n) is 3.40. The van der Waals surface area contributed by atoms with Crippen molar-refractivity contribution in [1.82, 2.24) is 0 Å². The van der Waals surface area contributed by atoms with Crippen molar-refractivity contribution in [3.63, 3.8) is 0 Å². The fraction of sp³-hybridized carbons (Fsp3) is 0.286. The third kappa shape index (κ3) is 2.28. The number of hydrogen-bond acceptors (Lipinski definition) is 1. The molecule has 0 amide bonds. The Balaban J connectivity index is 2.02. The van der Waals surface area contributed by atoms with Gasteiger partial charge in [-0.1, -0.05) is 23.7 Å². The molecule has 1 aromatic carbocycles. The van der Waals surface area contributed by atoms with Gasteiger partial charge in [-0.25, -0.2) is 0 Å². The molecule has 1 heterocycles. The molecule has 0 fully saturated rings. The molecule has 0 spiro atoms. The molecule has 0 aliphatic heterocycles. The zero-order valence-corrected chi connectivity index (χ0v) is 11.4. The van der Waals surface area contributed by atoms with Crippen molar-refractivity contribution >= 4 is 22.9 Å². The summed E-state index contributed by atoms with van der Waals surface area (Å²) in [4.78, 5) is 1.02. The monoisotopic (exact) mass is 302 g/mol. The highest BCUT2D eigenvalue weighted by Crippen LogP contribution is 2.44. The molecule has 1 aliphatic carbocycles. The predicted molar refractivity (Wildman–Crippen MR) is 71.8 cm³/mol. The van der Waals surface area contributed by atoms with Crippen LogP contribution in [0.4, 0.5) is 13.2 Å². The summed E-state index contributed by atoms with van der Waals surface area (Å²) in [6.07, 6.45) is -1.26. The highest BCUT2D eigenvalue weighted by atomic mass is 35.5. The number of fused-ring (bicyclic) bond motifs is 1. The minimum Gasteiger partial charge on any atom is -0.166 e. The average Bonchev–Trinajstić information content (AvgIpc) is 2.93. The largest absolute Gasteiger partial charge is 0.416 e. The van der Waals surface area contributed by atoms with E-state index in [9.17, 15) is 13.2 Å². The van der Waals surface area contributed by atoms with Gasteiger partial charge in [-0.05, 0) is 48.1 Å². The van der Waals surface area contributed by atoms with Crippen molar-refractivity contribution in [3.8, 4) is 10.4 Å². The summed E-state index contributed by atoms with van der Waals surface area (Å²) in [5, 5.41) is 0. The van der Waals surface area contributed by atoms with Gasteiger partial charge in [-0.3, -0.25) is 0 Å². The van der Waals surface area contributed by atoms with Crippen LogP contribution in [0.25, 0.3) is 10.4 Å². The lowest BCUT2D eigenvalue weighted by Gasteiger charge is -2.07. The van der Waals surface area contributed by atoms with Crippen LogP contribution in [0.2, 0.25) is 4.34 Å². The zero-order chi connectivity index (χ0) is 13.6. The highest BCUT2D eigenvalue weighted by molar-refractivity contribution is 7.19. The van der Waals surface area contributed by atoms with Gasteiger partial charge < -0.3 is 0 Å². The zero-order valence-electron chi connectivity index (χ0n) is 9.85. The van der Waals surface area contributed by atoms with Crippen molar-refractivity contribution < 1.29 is 13.2 Å². The van der Waals surface area contributed by atoms with Crippen LogP contribution < -0.4 is 0 Å². The van der Waals surface area contributed by atoms with Crippen LogP contribution in [0.3, 0.4) is 0 Å². The van der Waals surface area contributed by atoms with E-state index in [0.717, 1.165) is 46.2 Å². The molecule has 0 atom stereocenters. The first-order valence-electron chi connectivity index (χ1n) is 5.94. The van der Waals surface area contributed by atoms with E-state index in [-0.39, 0.29) is 0 Å². The van der Waals surface area contributed by atoms with E-state index in [1.807, 2.05) is 0 Å². The van der Waals surface area contributed by atoms with Gasteiger partial charge >= 0.3 is 6.18 Å². The maximum atomic E-state index is 12.5. The smallest absolute Gasteiger partial charge is 0.166 e. The SMILES string of the molecule is FC(F)(F)c1ccc(-c2sc(Cl)c3c2CCC3)cc1. The van der Waals surface area contributed by atoms with Gasteiger partial charge in [0.25, 0.3) is 0 Å². The quantitative estimate of drug-likeness (QED) is 0.645. The second-order valence-electron chi connectivity index (χ2n) is 4.59. The van der Waals surface area contributed by atoms with Crippen LogP contribution in [-0.4, -0.2) is 0 Å². The number of thiophene rings is 1. The van der Waals surface area contributed by atoms with Crippen molar-refractivity contribution in [1.29, 1.82) is 0 Å². The molecule has 1 aromatic heterocycles. The Morgan fingerprint density at radius 1 is 1.00 bits per heavy atom. The van der Waals surface area contributed by atoms with Crippen LogP contribution in [0.15, 0.2) is 24.3 Å². The number of rotatable bonds is 1. The third-order valence-corrected chi connectivity index (χ3v) is 4.97. The summed E-state index contributed by atoms with van der Waals surface area (Å²) in [5.41, 5.74) is 2.61. The number of benzene rings is 1. The lowest BCUT2D eigenvalue weighted by Crippen LogP contribution is -2.03. The summed E-state index contributed by atoms with van der Waals surface area (Å²) < 4.78 is 38.4. The van der Waals surface area contributed by atoms with Gasteiger partial charge in [0.1, 0.15) is 0 Å². The lowest BCUT2D eigenvalue weighted by molar-refractivity contribution is -0.137. The molecule has 0 N–H and O–H groups in total. The van der Waals surface area contributed by atoms with Crippen LogP contribution >= 0.6 is 22.9 Å². The summed E-state index contributed by atoms with van der Waals surface area (Å²) in [6.45, 7) is 0. The first kappa shape index (κ1) is 13.0. The van der Waals surface area contributed by atoms with E-state index in [0.29, 0.717) is 0 Å². The van der Waals surface area contributed by atoms with Gasteiger partial charge in [0.15, 0.2) is 0 Å². The molecular weight excluding hydrogens is 293 g/mol. The fourth-order valence-corrected chi connectivity index (χ4v) is 4.04. The molecule has 0 radical (unpaired) electrons. The Labute approximate surface area is 117 Å². The Morgan fingerprint density at radius 2 is 1.63 bits per heavy atom. The van der Waals surface area contributed by atoms with E-state index in [1.54, 1.807) is 0 Å². The molecule has 100 valence electrons. The molecule has 0 saturated heterocycles. The number of hydrogen-bond donors (Lipinski definition) is 0. The lowest BCUT2D eigenvalue weighted by atomic mass is 10.1. The molecular formula is C14H10ClF3S. The van der Waals surface area contributed by atoms with Gasteiger partial charge in [0.05, 0.1) is 9.90 Å². The van der Waals surface area contributed by atoms with E-state index >= 15 is 0 Å². The average molecular weight is 303 g/mol. The van der Waals surface area contributed by atoms with E-state index in [2.05, 4.69) is 0 Å². The second-order valence-corrected chi connectivity index (χ2v) is 6.21. The topological polar surface area (TPSA) is 0 Å². The maximum Gasteiger partial charge on any atom is 0.416 e. The Hall–Kier alpha value is -1.00. The normalized spacial score (nSPS) is 14.7. The summed E-state index contributed by atoms with van der Waals surface area (Å²) in [5.74, 6) is 0. The molecule has 3 rings (SSSR count). The van der Waals surface area contributed by atoms with Crippen molar-refractivity contribution in [2.45, 2.75) is 25.4 Å². The Kier molecular flexibility index (Phi) is 3.10. The van der Waals surface area contributed by atoms with Gasteiger partial charge in [0.2, 0.25) is 0 Å². The van der Waals surface area contributed by atoms with Crippen molar-refractivity contribution in [2.75, 3.05) is 0 Å². The van der Waals surface area contributed by atoms with Gasteiger partial charge in [-0.2, -0.15) is 13.2 Å². The Morgan fingerprint density at radius 3 is 2.26 bits per heavy atom. The van der Waals surface area contributed by atoms with E-state index in [1.165, 1.54) is 34.6 Å². The minimum atomic E-state index is -4.28. The van der Waals surface area contributed by atoms with Crippen molar-refractivity contribution in [2.24, 2.45) is 0 Å². The molecule has 5 heteroatoms. The second kappa shape index (κ2) is 4.53. The first-order chi connectivity index (χ1) is 8.97. The van der Waals surface area contributed by atoms with Crippen LogP contribution in [0, 0.1) is 0 Å². The number of alkyl halides is 3. The molecule has 0 bridgehead atoms. The summed E-state index contributed by atoms with van der Waals surface area (Å²) in [6, 6.07) is 5.32. The standard InChI is InChI=1S/C14H10ClF3S/c15-13-11-3-1-2-10(11)12(19-13)8-4-6-9(7-5-8)14(16,17)18/h4-7H,1-3H2. The van der Waals surface area contributed by atoms with Gasteiger partial charge in [0, 0.05) is 4.88 Å². The molecule has 0 saturated carbocycles. The first-order valence-corrected chi connectivity index (χ1v) is 7.14. The van der Waals surface area contributed by atoms with Crippen LogP contribution in [-0.2, 0) is 19.0 Å². The van der Waals surface area contributed by atoms with E-state index < -0.39 is 11.7 Å². The minimum absolute atomic E-state index is 0.615. The summed E-state index contributed by atoms with van der Waals surface area (Å²) >= 11 is 7.65. The highest BCUT2D eigenvalue weighted by Gasteiger charge is 2.30. The van der Waals surface area contributed by atoms with Crippen LogP contribution in [0.1, 0.15) is 23.1 Å².